The van der Waals surface area contributed by atoms with Gasteiger partial charge in [0.25, 0.3) is 0 Å². The number of fused-ring (bicyclic) bond motifs is 1. The zero-order chi connectivity index (χ0) is 12.4. The van der Waals surface area contributed by atoms with Gasteiger partial charge in [0.15, 0.2) is 0 Å². The summed E-state index contributed by atoms with van der Waals surface area (Å²) in [7, 11) is 1.97. The number of aromatic nitrogens is 2. The molecule has 0 saturated carbocycles. The Hall–Kier alpha value is -1.32. The third kappa shape index (κ3) is 2.35. The molecule has 1 aliphatic carbocycles. The lowest BCUT2D eigenvalue weighted by atomic mass is 9.92. The number of carbonyl (C=O) groups is 1. The first-order chi connectivity index (χ1) is 8.13. The van der Waals surface area contributed by atoms with Crippen molar-refractivity contribution in [1.29, 1.82) is 0 Å². The average Bonchev–Trinajstić information content (AvgIpc) is 2.71. The van der Waals surface area contributed by atoms with Gasteiger partial charge in [-0.15, -0.1) is 0 Å². The molecule has 1 N–H and O–H groups in total. The van der Waals surface area contributed by atoms with Crippen molar-refractivity contribution in [3.63, 3.8) is 0 Å². The van der Waals surface area contributed by atoms with Gasteiger partial charge in [-0.25, -0.2) is 0 Å². The Kier molecular flexibility index (Phi) is 3.50. The Morgan fingerprint density at radius 3 is 3.18 bits per heavy atom. The van der Waals surface area contributed by atoms with Crippen LogP contribution in [0.4, 0.5) is 0 Å². The third-order valence-corrected chi connectivity index (χ3v) is 3.75. The van der Waals surface area contributed by atoms with Crippen molar-refractivity contribution >= 4 is 5.91 Å². The summed E-state index contributed by atoms with van der Waals surface area (Å²) in [5, 5.41) is 7.43. The fourth-order valence-corrected chi connectivity index (χ4v) is 2.36. The smallest absolute Gasteiger partial charge is 0.223 e. The molecule has 2 rings (SSSR count). The highest BCUT2D eigenvalue weighted by Gasteiger charge is 2.25. The van der Waals surface area contributed by atoms with E-state index in [0.717, 1.165) is 25.7 Å². The Morgan fingerprint density at radius 2 is 2.47 bits per heavy atom. The quantitative estimate of drug-likeness (QED) is 0.870. The standard InChI is InChI=1S/C13H21N3O/c1-4-9(2)13(17)15-11-6-5-7-12-10(11)8-14-16(12)3/h8-9,11H,4-7H2,1-3H3,(H,15,17). The molecular formula is C13H21N3O. The molecule has 0 saturated heterocycles. The minimum atomic E-state index is 0.0945. The molecule has 1 aliphatic rings. The van der Waals surface area contributed by atoms with E-state index in [1.807, 2.05) is 31.8 Å². The normalized spacial score (nSPS) is 20.8. The first-order valence-electron chi connectivity index (χ1n) is 6.44. The second kappa shape index (κ2) is 4.90. The van der Waals surface area contributed by atoms with Gasteiger partial charge >= 0.3 is 0 Å². The third-order valence-electron chi connectivity index (χ3n) is 3.75. The van der Waals surface area contributed by atoms with Gasteiger partial charge in [0.1, 0.15) is 0 Å². The van der Waals surface area contributed by atoms with Gasteiger partial charge in [0.2, 0.25) is 5.91 Å². The fourth-order valence-electron chi connectivity index (χ4n) is 2.36. The number of amides is 1. The summed E-state index contributed by atoms with van der Waals surface area (Å²) in [6, 6.07) is 0.161. The minimum absolute atomic E-state index is 0.0945. The fraction of sp³-hybridized carbons (Fsp3) is 0.692. The van der Waals surface area contributed by atoms with Crippen LogP contribution in [0.1, 0.15) is 50.4 Å². The molecule has 0 aromatic carbocycles. The lowest BCUT2D eigenvalue weighted by Crippen LogP contribution is -2.34. The molecular weight excluding hydrogens is 214 g/mol. The highest BCUT2D eigenvalue weighted by Crippen LogP contribution is 2.29. The molecule has 17 heavy (non-hydrogen) atoms. The van der Waals surface area contributed by atoms with Crippen molar-refractivity contribution in [2.24, 2.45) is 13.0 Å². The Bertz CT molecular complexity index is 411. The van der Waals surface area contributed by atoms with Crippen LogP contribution >= 0.6 is 0 Å². The van der Waals surface area contributed by atoms with Crippen molar-refractivity contribution in [3.8, 4) is 0 Å². The molecule has 0 aliphatic heterocycles. The van der Waals surface area contributed by atoms with Crippen LogP contribution in [0.2, 0.25) is 0 Å². The number of hydrogen-bond donors (Lipinski definition) is 1. The van der Waals surface area contributed by atoms with E-state index in [4.69, 9.17) is 0 Å². The van der Waals surface area contributed by atoms with Crippen molar-refractivity contribution in [2.75, 3.05) is 0 Å². The van der Waals surface area contributed by atoms with Crippen LogP contribution in [0.3, 0.4) is 0 Å². The molecule has 0 radical (unpaired) electrons. The lowest BCUT2D eigenvalue weighted by molar-refractivity contribution is -0.125. The highest BCUT2D eigenvalue weighted by molar-refractivity contribution is 5.78. The van der Waals surface area contributed by atoms with Gasteiger partial charge in [0.05, 0.1) is 12.2 Å². The molecule has 1 aromatic rings. The molecule has 0 bridgehead atoms. The number of rotatable bonds is 3. The van der Waals surface area contributed by atoms with E-state index in [-0.39, 0.29) is 17.9 Å². The predicted octanol–water partition coefficient (Wildman–Crippen LogP) is 1.96. The van der Waals surface area contributed by atoms with Crippen LogP contribution < -0.4 is 5.32 Å². The summed E-state index contributed by atoms with van der Waals surface area (Å²) in [5.41, 5.74) is 2.47. The summed E-state index contributed by atoms with van der Waals surface area (Å²) < 4.78 is 1.93. The van der Waals surface area contributed by atoms with Gasteiger partial charge in [-0.3, -0.25) is 9.48 Å². The number of nitrogens with one attached hydrogen (secondary N) is 1. The summed E-state index contributed by atoms with van der Waals surface area (Å²) in [6.45, 7) is 4.02. The van der Waals surface area contributed by atoms with Crippen LogP contribution in [0.25, 0.3) is 0 Å². The largest absolute Gasteiger partial charge is 0.349 e. The molecule has 2 atom stereocenters. The van der Waals surface area contributed by atoms with E-state index in [0.29, 0.717) is 0 Å². The van der Waals surface area contributed by atoms with E-state index in [1.165, 1.54) is 11.3 Å². The van der Waals surface area contributed by atoms with E-state index < -0.39 is 0 Å². The first-order valence-corrected chi connectivity index (χ1v) is 6.44. The second-order valence-electron chi connectivity index (χ2n) is 4.93. The van der Waals surface area contributed by atoms with Gasteiger partial charge in [-0.05, 0) is 25.7 Å². The number of nitrogens with zero attached hydrogens (tertiary/aromatic N) is 2. The van der Waals surface area contributed by atoms with Crippen molar-refractivity contribution < 1.29 is 4.79 Å². The number of hydrogen-bond acceptors (Lipinski definition) is 2. The lowest BCUT2D eigenvalue weighted by Gasteiger charge is -2.25. The molecule has 0 fully saturated rings. The molecule has 1 amide bonds. The summed E-state index contributed by atoms with van der Waals surface area (Å²) >= 11 is 0. The maximum Gasteiger partial charge on any atom is 0.223 e. The van der Waals surface area contributed by atoms with Gasteiger partial charge in [-0.2, -0.15) is 5.10 Å². The zero-order valence-electron chi connectivity index (χ0n) is 10.9. The molecule has 2 unspecified atom stereocenters. The zero-order valence-corrected chi connectivity index (χ0v) is 10.9. The molecule has 1 aromatic heterocycles. The summed E-state index contributed by atoms with van der Waals surface area (Å²) in [4.78, 5) is 11.9. The van der Waals surface area contributed by atoms with Gasteiger partial charge in [-0.1, -0.05) is 13.8 Å². The first kappa shape index (κ1) is 12.1. The van der Waals surface area contributed by atoms with E-state index >= 15 is 0 Å². The average molecular weight is 235 g/mol. The maximum atomic E-state index is 11.9. The minimum Gasteiger partial charge on any atom is -0.349 e. The van der Waals surface area contributed by atoms with Crippen LogP contribution in [-0.2, 0) is 18.3 Å². The predicted molar refractivity (Wildman–Crippen MR) is 66.5 cm³/mol. The van der Waals surface area contributed by atoms with Crippen LogP contribution in [0.5, 0.6) is 0 Å². The number of aryl methyl sites for hydroxylation is 1. The van der Waals surface area contributed by atoms with Crippen molar-refractivity contribution in [2.45, 2.75) is 45.6 Å². The Labute approximate surface area is 102 Å². The SMILES string of the molecule is CCC(C)C(=O)NC1CCCc2c1cnn2C. The van der Waals surface area contributed by atoms with Crippen molar-refractivity contribution in [3.05, 3.63) is 17.5 Å². The van der Waals surface area contributed by atoms with Crippen LogP contribution in [-0.4, -0.2) is 15.7 Å². The van der Waals surface area contributed by atoms with E-state index in [9.17, 15) is 4.79 Å². The summed E-state index contributed by atoms with van der Waals surface area (Å²) in [5.74, 6) is 0.256. The maximum absolute atomic E-state index is 11.9. The van der Waals surface area contributed by atoms with Crippen LogP contribution in [0, 0.1) is 5.92 Å². The highest BCUT2D eigenvalue weighted by atomic mass is 16.1. The number of carbonyl (C=O) groups excluding carboxylic acids is 1. The molecule has 1 heterocycles. The molecule has 4 nitrogen and oxygen atoms in total. The Balaban J connectivity index is 2.11. The monoisotopic (exact) mass is 235 g/mol. The topological polar surface area (TPSA) is 46.9 Å². The summed E-state index contributed by atoms with van der Waals surface area (Å²) in [6.07, 6.45) is 6.01. The van der Waals surface area contributed by atoms with E-state index in [1.54, 1.807) is 0 Å². The Morgan fingerprint density at radius 1 is 1.71 bits per heavy atom. The van der Waals surface area contributed by atoms with Crippen LogP contribution in [0.15, 0.2) is 6.20 Å². The second-order valence-corrected chi connectivity index (χ2v) is 4.93. The molecule has 4 heteroatoms. The van der Waals surface area contributed by atoms with Crippen molar-refractivity contribution in [1.82, 2.24) is 15.1 Å². The van der Waals surface area contributed by atoms with Gasteiger partial charge < -0.3 is 5.32 Å². The van der Waals surface area contributed by atoms with E-state index in [2.05, 4.69) is 10.4 Å². The molecule has 94 valence electrons. The molecule has 0 spiro atoms. The van der Waals surface area contributed by atoms with Gasteiger partial charge in [0, 0.05) is 24.2 Å².